The van der Waals surface area contributed by atoms with Gasteiger partial charge in [-0.2, -0.15) is 5.26 Å². The molecule has 0 radical (unpaired) electrons. The molecule has 5 heteroatoms. The summed E-state index contributed by atoms with van der Waals surface area (Å²) in [5.74, 6) is 0.919. The molecule has 1 saturated carbocycles. The number of hydrogen-bond acceptors (Lipinski definition) is 5. The lowest BCUT2D eigenvalue weighted by Gasteiger charge is -2.23. The van der Waals surface area contributed by atoms with Crippen LogP contribution in [0.4, 0.5) is 11.5 Å². The second-order valence-corrected chi connectivity index (χ2v) is 4.81. The van der Waals surface area contributed by atoms with E-state index in [-0.39, 0.29) is 0 Å². The largest absolute Gasteiger partial charge is 0.399 e. The first-order valence-electron chi connectivity index (χ1n) is 6.43. The third kappa shape index (κ3) is 2.29. The Balaban J connectivity index is 2.04. The van der Waals surface area contributed by atoms with E-state index in [9.17, 15) is 0 Å². The quantitative estimate of drug-likeness (QED) is 0.844. The molecule has 0 saturated heterocycles. The minimum absolute atomic E-state index is 0.511. The Morgan fingerprint density at radius 3 is 2.95 bits per heavy atom. The summed E-state index contributed by atoms with van der Waals surface area (Å²) < 4.78 is 0. The molecule has 1 aliphatic rings. The van der Waals surface area contributed by atoms with Crippen molar-refractivity contribution in [1.82, 2.24) is 9.97 Å². The van der Waals surface area contributed by atoms with Crippen LogP contribution in [0.15, 0.2) is 24.5 Å². The molecule has 1 aliphatic carbocycles. The number of rotatable bonds is 4. The Morgan fingerprint density at radius 2 is 2.21 bits per heavy atom. The van der Waals surface area contributed by atoms with Gasteiger partial charge in [0.1, 0.15) is 12.1 Å². The lowest BCUT2D eigenvalue weighted by molar-refractivity contribution is 0.780. The molecule has 2 N–H and O–H groups in total. The number of nitrogens with zero attached hydrogens (tertiary/aromatic N) is 4. The smallest absolute Gasteiger partial charge is 0.140 e. The van der Waals surface area contributed by atoms with Crippen LogP contribution in [0, 0.1) is 11.3 Å². The summed E-state index contributed by atoms with van der Waals surface area (Å²) in [5, 5.41) is 9.79. The molecule has 0 atom stereocenters. The van der Waals surface area contributed by atoms with E-state index in [1.54, 1.807) is 6.33 Å². The maximum atomic E-state index is 8.79. The average Bonchev–Trinajstić information content (AvgIpc) is 3.23. The standard InChI is InChI=1S/C14H15N5/c15-6-1-7-19(11-3-4-11)14-12-5-2-10(16)8-13(12)17-9-18-14/h2,5,8-9,11H,1,3-4,7,16H2. The first kappa shape index (κ1) is 11.7. The minimum atomic E-state index is 0.511. The van der Waals surface area contributed by atoms with Crippen LogP contribution in [0.5, 0.6) is 0 Å². The molecule has 1 heterocycles. The normalized spacial score (nSPS) is 14.3. The zero-order valence-corrected chi connectivity index (χ0v) is 10.6. The predicted octanol–water partition coefficient (Wildman–Crippen LogP) is 2.09. The van der Waals surface area contributed by atoms with Crippen molar-refractivity contribution in [3.8, 4) is 6.07 Å². The molecule has 1 fully saturated rings. The molecule has 1 aromatic carbocycles. The highest BCUT2D eigenvalue weighted by Crippen LogP contribution is 2.34. The van der Waals surface area contributed by atoms with Crippen LogP contribution in [-0.4, -0.2) is 22.6 Å². The Kier molecular flexibility index (Phi) is 2.92. The highest BCUT2D eigenvalue weighted by atomic mass is 15.2. The van der Waals surface area contributed by atoms with Gasteiger partial charge in [-0.05, 0) is 31.0 Å². The molecule has 2 aromatic rings. The van der Waals surface area contributed by atoms with Gasteiger partial charge in [0.05, 0.1) is 18.0 Å². The highest BCUT2D eigenvalue weighted by molar-refractivity contribution is 5.91. The number of aromatic nitrogens is 2. The number of nitrogens with two attached hydrogens (primary N) is 1. The summed E-state index contributed by atoms with van der Waals surface area (Å²) in [6.07, 6.45) is 4.42. The van der Waals surface area contributed by atoms with Gasteiger partial charge in [0.25, 0.3) is 0 Å². The number of hydrogen-bond donors (Lipinski definition) is 1. The van der Waals surface area contributed by atoms with Gasteiger partial charge in [-0.1, -0.05) is 0 Å². The lowest BCUT2D eigenvalue weighted by Crippen LogP contribution is -2.27. The summed E-state index contributed by atoms with van der Waals surface area (Å²) >= 11 is 0. The van der Waals surface area contributed by atoms with Crippen molar-refractivity contribution in [3.63, 3.8) is 0 Å². The van der Waals surface area contributed by atoms with Crippen molar-refractivity contribution in [3.05, 3.63) is 24.5 Å². The average molecular weight is 253 g/mol. The molecule has 0 amide bonds. The van der Waals surface area contributed by atoms with Crippen LogP contribution in [0.2, 0.25) is 0 Å². The summed E-state index contributed by atoms with van der Waals surface area (Å²) in [5.41, 5.74) is 7.34. The van der Waals surface area contributed by atoms with Crippen LogP contribution in [0.1, 0.15) is 19.3 Å². The molecule has 1 aromatic heterocycles. The number of benzene rings is 1. The van der Waals surface area contributed by atoms with E-state index in [4.69, 9.17) is 11.0 Å². The van der Waals surface area contributed by atoms with Gasteiger partial charge in [-0.25, -0.2) is 9.97 Å². The summed E-state index contributed by atoms with van der Waals surface area (Å²) in [4.78, 5) is 10.9. The van der Waals surface area contributed by atoms with Gasteiger partial charge < -0.3 is 10.6 Å². The zero-order valence-electron chi connectivity index (χ0n) is 10.6. The third-order valence-electron chi connectivity index (χ3n) is 3.36. The number of fused-ring (bicyclic) bond motifs is 1. The van der Waals surface area contributed by atoms with Gasteiger partial charge in [-0.3, -0.25) is 0 Å². The number of nitriles is 1. The number of anilines is 2. The summed E-state index contributed by atoms with van der Waals surface area (Å²) in [6.45, 7) is 0.720. The maximum absolute atomic E-state index is 8.79. The molecule has 96 valence electrons. The SMILES string of the molecule is N#CCCN(c1ncnc2cc(N)ccc12)C1CC1. The van der Waals surface area contributed by atoms with E-state index >= 15 is 0 Å². The number of nitrogen functional groups attached to an aromatic ring is 1. The Labute approximate surface area is 111 Å². The Hall–Kier alpha value is -2.35. The van der Waals surface area contributed by atoms with Crippen molar-refractivity contribution in [1.29, 1.82) is 5.26 Å². The fraction of sp³-hybridized carbons (Fsp3) is 0.357. The fourth-order valence-electron chi connectivity index (χ4n) is 2.31. The molecular formula is C14H15N5. The Bertz CT molecular complexity index is 642. The summed E-state index contributed by atoms with van der Waals surface area (Å²) in [7, 11) is 0. The maximum Gasteiger partial charge on any atom is 0.140 e. The van der Waals surface area contributed by atoms with Gasteiger partial charge in [0, 0.05) is 23.7 Å². The van der Waals surface area contributed by atoms with Crippen LogP contribution >= 0.6 is 0 Å². The van der Waals surface area contributed by atoms with Gasteiger partial charge in [0.15, 0.2) is 0 Å². The van der Waals surface area contributed by atoms with Crippen molar-refractivity contribution in [2.24, 2.45) is 0 Å². The molecule has 19 heavy (non-hydrogen) atoms. The molecule has 0 aliphatic heterocycles. The topological polar surface area (TPSA) is 78.8 Å². The first-order chi connectivity index (χ1) is 9.29. The summed E-state index contributed by atoms with van der Waals surface area (Å²) in [6, 6.07) is 8.40. The van der Waals surface area contributed by atoms with Gasteiger partial charge >= 0.3 is 0 Å². The van der Waals surface area contributed by atoms with E-state index in [2.05, 4.69) is 20.9 Å². The van der Waals surface area contributed by atoms with Crippen molar-refractivity contribution in [2.75, 3.05) is 17.2 Å². The van der Waals surface area contributed by atoms with Gasteiger partial charge in [0.2, 0.25) is 0 Å². The first-order valence-corrected chi connectivity index (χ1v) is 6.43. The van der Waals surface area contributed by atoms with Gasteiger partial charge in [-0.15, -0.1) is 0 Å². The van der Waals surface area contributed by atoms with Crippen molar-refractivity contribution >= 4 is 22.4 Å². The predicted molar refractivity (Wildman–Crippen MR) is 74.5 cm³/mol. The molecule has 3 rings (SSSR count). The fourth-order valence-corrected chi connectivity index (χ4v) is 2.31. The molecule has 0 bridgehead atoms. The van der Waals surface area contributed by atoms with E-state index < -0.39 is 0 Å². The monoisotopic (exact) mass is 253 g/mol. The second-order valence-electron chi connectivity index (χ2n) is 4.81. The lowest BCUT2D eigenvalue weighted by atomic mass is 10.2. The van der Waals surface area contributed by atoms with Crippen LogP contribution < -0.4 is 10.6 Å². The minimum Gasteiger partial charge on any atom is -0.399 e. The Morgan fingerprint density at radius 1 is 1.37 bits per heavy atom. The van der Waals surface area contributed by atoms with Crippen LogP contribution in [-0.2, 0) is 0 Å². The van der Waals surface area contributed by atoms with Crippen LogP contribution in [0.25, 0.3) is 10.9 Å². The van der Waals surface area contributed by atoms with E-state index in [0.29, 0.717) is 18.2 Å². The van der Waals surface area contributed by atoms with E-state index in [0.717, 1.165) is 23.3 Å². The molecule has 5 nitrogen and oxygen atoms in total. The van der Waals surface area contributed by atoms with E-state index in [1.165, 1.54) is 12.8 Å². The van der Waals surface area contributed by atoms with Crippen molar-refractivity contribution in [2.45, 2.75) is 25.3 Å². The van der Waals surface area contributed by atoms with E-state index in [1.807, 2.05) is 18.2 Å². The molecule has 0 unspecified atom stereocenters. The van der Waals surface area contributed by atoms with Crippen LogP contribution in [0.3, 0.4) is 0 Å². The highest BCUT2D eigenvalue weighted by Gasteiger charge is 2.30. The second kappa shape index (κ2) is 4.73. The molecular weight excluding hydrogens is 238 g/mol. The van der Waals surface area contributed by atoms with Crippen molar-refractivity contribution < 1.29 is 0 Å². The molecule has 0 spiro atoms. The zero-order chi connectivity index (χ0) is 13.2. The third-order valence-corrected chi connectivity index (χ3v) is 3.36.